The Labute approximate surface area is 75.9 Å². The van der Waals surface area contributed by atoms with Crippen molar-refractivity contribution in [3.63, 3.8) is 0 Å². The van der Waals surface area contributed by atoms with Crippen LogP contribution in [0.15, 0.2) is 24.0 Å². The van der Waals surface area contributed by atoms with E-state index in [1.165, 1.54) is 0 Å². The molecule has 0 fully saturated rings. The highest BCUT2D eigenvalue weighted by Crippen LogP contribution is 2.32. The van der Waals surface area contributed by atoms with Crippen molar-refractivity contribution in [2.45, 2.75) is 6.42 Å². The SMILES string of the molecule is COc1ccc2c(c1)CC(O)=C2[O]. The lowest BCUT2D eigenvalue weighted by atomic mass is 10.1. The van der Waals surface area contributed by atoms with Gasteiger partial charge in [-0.1, -0.05) is 0 Å². The molecular weight excluding hydrogens is 168 g/mol. The summed E-state index contributed by atoms with van der Waals surface area (Å²) >= 11 is 0. The minimum absolute atomic E-state index is 0.0803. The minimum atomic E-state index is -0.266. The van der Waals surface area contributed by atoms with Gasteiger partial charge in [0.2, 0.25) is 5.76 Å². The van der Waals surface area contributed by atoms with Gasteiger partial charge in [-0.25, -0.2) is 0 Å². The maximum atomic E-state index is 11.3. The van der Waals surface area contributed by atoms with Gasteiger partial charge in [-0.15, -0.1) is 0 Å². The minimum Gasteiger partial charge on any atom is -0.508 e. The first-order valence-electron chi connectivity index (χ1n) is 3.99. The third kappa shape index (κ3) is 1.13. The summed E-state index contributed by atoms with van der Waals surface area (Å²) in [5.41, 5.74) is 1.42. The molecule has 0 aromatic heterocycles. The predicted molar refractivity (Wildman–Crippen MR) is 46.9 cm³/mol. The molecule has 3 heteroatoms. The second kappa shape index (κ2) is 2.69. The van der Waals surface area contributed by atoms with E-state index in [9.17, 15) is 10.2 Å². The monoisotopic (exact) mass is 177 g/mol. The molecule has 2 rings (SSSR count). The van der Waals surface area contributed by atoms with Crippen molar-refractivity contribution in [2.24, 2.45) is 0 Å². The molecule has 13 heavy (non-hydrogen) atoms. The average molecular weight is 177 g/mol. The van der Waals surface area contributed by atoms with Crippen LogP contribution < -0.4 is 4.74 Å². The Morgan fingerprint density at radius 3 is 2.92 bits per heavy atom. The standard InChI is InChI=1S/C10H9O3/c1-13-7-2-3-8-6(4-7)5-9(11)10(8)12/h2-4,11H,5H2,1H3. The van der Waals surface area contributed by atoms with E-state index >= 15 is 0 Å². The van der Waals surface area contributed by atoms with Gasteiger partial charge >= 0.3 is 0 Å². The van der Waals surface area contributed by atoms with Crippen molar-refractivity contribution in [1.29, 1.82) is 0 Å². The molecule has 0 unspecified atom stereocenters. The Bertz CT molecular complexity index is 380. The van der Waals surface area contributed by atoms with E-state index in [4.69, 9.17) is 4.74 Å². The van der Waals surface area contributed by atoms with Crippen molar-refractivity contribution in [3.8, 4) is 5.75 Å². The zero-order chi connectivity index (χ0) is 9.42. The van der Waals surface area contributed by atoms with Crippen molar-refractivity contribution >= 4 is 5.76 Å². The molecule has 0 saturated heterocycles. The molecule has 67 valence electrons. The Morgan fingerprint density at radius 2 is 2.23 bits per heavy atom. The molecule has 1 aromatic carbocycles. The van der Waals surface area contributed by atoms with Crippen LogP contribution >= 0.6 is 0 Å². The Morgan fingerprint density at radius 1 is 1.46 bits per heavy atom. The molecular formula is C10H9O3. The first kappa shape index (κ1) is 7.98. The van der Waals surface area contributed by atoms with E-state index < -0.39 is 0 Å². The molecule has 0 saturated carbocycles. The normalized spacial score (nSPS) is 14.5. The first-order valence-corrected chi connectivity index (χ1v) is 3.99. The molecule has 0 atom stereocenters. The third-order valence-electron chi connectivity index (χ3n) is 2.18. The van der Waals surface area contributed by atoms with Crippen LogP contribution in [0.4, 0.5) is 0 Å². The van der Waals surface area contributed by atoms with Crippen LogP contribution in [0.3, 0.4) is 0 Å². The number of aliphatic hydroxyl groups excluding tert-OH is 1. The van der Waals surface area contributed by atoms with Crippen LogP contribution in [0.25, 0.3) is 5.76 Å². The highest BCUT2D eigenvalue weighted by Gasteiger charge is 2.22. The average Bonchev–Trinajstić information content (AvgIpc) is 2.42. The molecule has 0 bridgehead atoms. The van der Waals surface area contributed by atoms with Gasteiger partial charge in [0.1, 0.15) is 11.5 Å². The van der Waals surface area contributed by atoms with Crippen LogP contribution in [0.2, 0.25) is 0 Å². The maximum Gasteiger partial charge on any atom is 0.223 e. The predicted octanol–water partition coefficient (Wildman–Crippen LogP) is 1.91. The van der Waals surface area contributed by atoms with Crippen LogP contribution in [0, 0.1) is 0 Å². The quantitative estimate of drug-likeness (QED) is 0.712. The number of methoxy groups -OCH3 is 1. The Hall–Kier alpha value is -1.64. The molecule has 0 aliphatic heterocycles. The highest BCUT2D eigenvalue weighted by atomic mass is 16.5. The topological polar surface area (TPSA) is 49.4 Å². The number of rotatable bonds is 1. The summed E-state index contributed by atoms with van der Waals surface area (Å²) in [4.78, 5) is 0. The fraction of sp³-hybridized carbons (Fsp3) is 0.200. The van der Waals surface area contributed by atoms with Gasteiger partial charge in [0, 0.05) is 12.0 Å². The summed E-state index contributed by atoms with van der Waals surface area (Å²) in [6, 6.07) is 5.17. The number of ether oxygens (including phenoxy) is 1. The van der Waals surface area contributed by atoms with Crippen LogP contribution in [-0.2, 0) is 11.5 Å². The van der Waals surface area contributed by atoms with E-state index in [-0.39, 0.29) is 11.5 Å². The van der Waals surface area contributed by atoms with Gasteiger partial charge < -0.3 is 9.84 Å². The maximum absolute atomic E-state index is 11.3. The summed E-state index contributed by atoms with van der Waals surface area (Å²) < 4.78 is 5.01. The third-order valence-corrected chi connectivity index (χ3v) is 2.18. The van der Waals surface area contributed by atoms with Crippen molar-refractivity contribution in [1.82, 2.24) is 0 Å². The van der Waals surface area contributed by atoms with Crippen molar-refractivity contribution in [2.75, 3.05) is 7.11 Å². The van der Waals surface area contributed by atoms with Gasteiger partial charge in [-0.2, -0.15) is 0 Å². The molecule has 0 spiro atoms. The van der Waals surface area contributed by atoms with Crippen molar-refractivity contribution < 1.29 is 14.9 Å². The summed E-state index contributed by atoms with van der Waals surface area (Å²) in [7, 11) is 1.57. The number of allylic oxidation sites excluding steroid dienone is 1. The van der Waals surface area contributed by atoms with Gasteiger partial charge in [0.15, 0.2) is 0 Å². The van der Waals surface area contributed by atoms with E-state index in [1.54, 1.807) is 25.3 Å². The molecule has 1 aliphatic rings. The lowest BCUT2D eigenvalue weighted by molar-refractivity contribution is 0.336. The van der Waals surface area contributed by atoms with Crippen LogP contribution in [-0.4, -0.2) is 12.2 Å². The zero-order valence-corrected chi connectivity index (χ0v) is 7.20. The number of hydrogen-bond donors (Lipinski definition) is 1. The lowest BCUT2D eigenvalue weighted by Gasteiger charge is -2.02. The van der Waals surface area contributed by atoms with E-state index in [2.05, 4.69) is 0 Å². The number of fused-ring (bicyclic) bond motifs is 1. The van der Waals surface area contributed by atoms with Gasteiger partial charge in [0.05, 0.1) is 7.11 Å². The number of hydrogen-bond acceptors (Lipinski definition) is 2. The molecule has 1 aromatic rings. The summed E-state index contributed by atoms with van der Waals surface area (Å²) in [5.74, 6) is 0.363. The van der Waals surface area contributed by atoms with E-state index in [1.807, 2.05) is 0 Å². The first-order chi connectivity index (χ1) is 6.22. The van der Waals surface area contributed by atoms with Gasteiger partial charge in [0.25, 0.3) is 0 Å². The second-order valence-electron chi connectivity index (χ2n) is 2.98. The molecule has 1 N–H and O–H groups in total. The molecule has 0 heterocycles. The Balaban J connectivity index is 2.48. The molecule has 3 nitrogen and oxygen atoms in total. The largest absolute Gasteiger partial charge is 0.508 e. The highest BCUT2D eigenvalue weighted by molar-refractivity contribution is 5.69. The van der Waals surface area contributed by atoms with E-state index in [0.29, 0.717) is 17.7 Å². The van der Waals surface area contributed by atoms with Crippen LogP contribution in [0.5, 0.6) is 5.75 Å². The smallest absolute Gasteiger partial charge is 0.223 e. The summed E-state index contributed by atoms with van der Waals surface area (Å²) in [6.07, 6.45) is 0.325. The summed E-state index contributed by atoms with van der Waals surface area (Å²) in [5, 5.41) is 20.5. The molecule has 1 aliphatic carbocycles. The number of benzene rings is 1. The van der Waals surface area contributed by atoms with Gasteiger partial charge in [-0.05, 0) is 23.8 Å². The fourth-order valence-electron chi connectivity index (χ4n) is 1.48. The van der Waals surface area contributed by atoms with Crippen LogP contribution in [0.1, 0.15) is 11.1 Å². The molecule has 0 amide bonds. The molecule has 1 radical (unpaired) electrons. The second-order valence-corrected chi connectivity index (χ2v) is 2.98. The van der Waals surface area contributed by atoms with E-state index in [0.717, 1.165) is 5.56 Å². The number of aliphatic hydroxyl groups is 1. The van der Waals surface area contributed by atoms with Crippen molar-refractivity contribution in [3.05, 3.63) is 35.1 Å². The summed E-state index contributed by atoms with van der Waals surface area (Å²) in [6.45, 7) is 0. The zero-order valence-electron chi connectivity index (χ0n) is 7.20. The van der Waals surface area contributed by atoms with Gasteiger partial charge in [-0.3, -0.25) is 5.11 Å². The Kier molecular flexibility index (Phi) is 1.65. The lowest BCUT2D eigenvalue weighted by Crippen LogP contribution is -1.87. The fourth-order valence-corrected chi connectivity index (χ4v) is 1.48.